The molecule has 110 valence electrons. The van der Waals surface area contributed by atoms with Gasteiger partial charge >= 0.3 is 0 Å². The van der Waals surface area contributed by atoms with E-state index in [0.717, 1.165) is 10.0 Å². The molecule has 0 unspecified atom stereocenters. The minimum Gasteiger partial charge on any atom is -0.281 e. The lowest BCUT2D eigenvalue weighted by Gasteiger charge is -2.09. The first-order valence-electron chi connectivity index (χ1n) is 6.59. The first kappa shape index (κ1) is 14.8. The van der Waals surface area contributed by atoms with Gasteiger partial charge in [-0.3, -0.25) is 9.36 Å². The van der Waals surface area contributed by atoms with Crippen molar-refractivity contribution in [1.82, 2.24) is 14.5 Å². The zero-order chi connectivity index (χ0) is 15.5. The van der Waals surface area contributed by atoms with Crippen LogP contribution in [0.3, 0.4) is 0 Å². The van der Waals surface area contributed by atoms with Gasteiger partial charge in [-0.15, -0.1) is 11.3 Å². The summed E-state index contributed by atoms with van der Waals surface area (Å²) < 4.78 is 2.37. The maximum absolute atomic E-state index is 12.5. The fourth-order valence-electron chi connectivity index (χ4n) is 2.08. The molecule has 2 aromatic heterocycles. The molecule has 0 spiro atoms. The molecule has 1 aromatic carbocycles. The molecule has 0 aliphatic rings. The number of nitriles is 1. The third-order valence-electron chi connectivity index (χ3n) is 3.09. The van der Waals surface area contributed by atoms with Crippen molar-refractivity contribution >= 4 is 34.0 Å². The van der Waals surface area contributed by atoms with Crippen LogP contribution in [0.15, 0.2) is 38.8 Å². The van der Waals surface area contributed by atoms with E-state index in [9.17, 15) is 4.79 Å². The van der Waals surface area contributed by atoms with Gasteiger partial charge < -0.3 is 0 Å². The Morgan fingerprint density at radius 3 is 2.91 bits per heavy atom. The molecule has 7 heteroatoms. The zero-order valence-corrected chi connectivity index (χ0v) is 13.4. The highest BCUT2D eigenvalue weighted by atomic mass is 32.2. The van der Waals surface area contributed by atoms with Crippen LogP contribution >= 0.6 is 23.1 Å². The van der Waals surface area contributed by atoms with Gasteiger partial charge in [0.15, 0.2) is 4.34 Å². The van der Waals surface area contributed by atoms with Crippen molar-refractivity contribution in [3.05, 3.63) is 51.5 Å². The SMILES string of the molecule is Cc1csc(SCc2nc3ccccc3c(=O)n2CC#N)n1. The molecule has 0 amide bonds. The van der Waals surface area contributed by atoms with E-state index >= 15 is 0 Å². The summed E-state index contributed by atoms with van der Waals surface area (Å²) in [4.78, 5) is 21.4. The number of thioether (sulfide) groups is 1. The van der Waals surface area contributed by atoms with Crippen molar-refractivity contribution in [3.8, 4) is 6.07 Å². The van der Waals surface area contributed by atoms with Gasteiger partial charge in [-0.1, -0.05) is 23.9 Å². The van der Waals surface area contributed by atoms with Gasteiger partial charge in [-0.2, -0.15) is 5.26 Å². The van der Waals surface area contributed by atoms with Crippen LogP contribution in [0, 0.1) is 18.3 Å². The number of para-hydroxylation sites is 1. The van der Waals surface area contributed by atoms with E-state index < -0.39 is 0 Å². The van der Waals surface area contributed by atoms with Crippen molar-refractivity contribution in [2.75, 3.05) is 0 Å². The highest BCUT2D eigenvalue weighted by molar-refractivity contribution is 8.00. The van der Waals surface area contributed by atoms with Gasteiger partial charge in [0.25, 0.3) is 5.56 Å². The summed E-state index contributed by atoms with van der Waals surface area (Å²) in [7, 11) is 0. The summed E-state index contributed by atoms with van der Waals surface area (Å²) in [6.07, 6.45) is 0. The summed E-state index contributed by atoms with van der Waals surface area (Å²) in [6, 6.07) is 9.24. The van der Waals surface area contributed by atoms with Crippen LogP contribution in [0.5, 0.6) is 0 Å². The van der Waals surface area contributed by atoms with E-state index in [1.807, 2.05) is 30.5 Å². The first-order chi connectivity index (χ1) is 10.7. The van der Waals surface area contributed by atoms with Crippen molar-refractivity contribution < 1.29 is 0 Å². The topological polar surface area (TPSA) is 71.6 Å². The Balaban J connectivity index is 2.01. The lowest BCUT2D eigenvalue weighted by molar-refractivity contribution is 0.730. The number of benzene rings is 1. The van der Waals surface area contributed by atoms with Gasteiger partial charge in [0.2, 0.25) is 0 Å². The van der Waals surface area contributed by atoms with Gasteiger partial charge in [0.05, 0.1) is 22.7 Å². The van der Waals surface area contributed by atoms with Crippen molar-refractivity contribution in [2.45, 2.75) is 23.6 Å². The first-order valence-corrected chi connectivity index (χ1v) is 8.46. The fourth-order valence-corrected chi connectivity index (χ4v) is 3.88. The van der Waals surface area contributed by atoms with Crippen LogP contribution in [0.2, 0.25) is 0 Å². The van der Waals surface area contributed by atoms with Gasteiger partial charge in [-0.05, 0) is 19.1 Å². The molecule has 3 rings (SSSR count). The Kier molecular flexibility index (Phi) is 4.22. The van der Waals surface area contributed by atoms with E-state index in [1.165, 1.54) is 16.3 Å². The van der Waals surface area contributed by atoms with Crippen LogP contribution in [0.25, 0.3) is 10.9 Å². The summed E-state index contributed by atoms with van der Waals surface area (Å²) in [6.45, 7) is 1.95. The van der Waals surface area contributed by atoms with Gasteiger partial charge in [0.1, 0.15) is 12.4 Å². The molecule has 5 nitrogen and oxygen atoms in total. The maximum Gasteiger partial charge on any atom is 0.262 e. The number of rotatable bonds is 4. The summed E-state index contributed by atoms with van der Waals surface area (Å²) in [5.74, 6) is 1.11. The summed E-state index contributed by atoms with van der Waals surface area (Å²) >= 11 is 3.09. The smallest absolute Gasteiger partial charge is 0.262 e. The predicted octanol–water partition coefficient (Wildman–Crippen LogP) is 2.98. The molecule has 2 heterocycles. The molecule has 0 radical (unpaired) electrons. The average Bonchev–Trinajstić information content (AvgIpc) is 2.94. The fraction of sp³-hybridized carbons (Fsp3) is 0.200. The zero-order valence-electron chi connectivity index (χ0n) is 11.8. The summed E-state index contributed by atoms with van der Waals surface area (Å²) in [5, 5.41) is 11.5. The largest absolute Gasteiger partial charge is 0.281 e. The average molecular weight is 328 g/mol. The Labute approximate surface area is 135 Å². The quantitative estimate of drug-likeness (QED) is 0.689. The Morgan fingerprint density at radius 1 is 1.36 bits per heavy atom. The van der Waals surface area contributed by atoms with Crippen LogP contribution in [0.4, 0.5) is 0 Å². The Hall–Kier alpha value is -2.17. The van der Waals surface area contributed by atoms with Gasteiger partial charge in [0, 0.05) is 11.1 Å². The molecule has 0 bridgehead atoms. The van der Waals surface area contributed by atoms with E-state index in [0.29, 0.717) is 22.5 Å². The van der Waals surface area contributed by atoms with E-state index in [2.05, 4.69) is 9.97 Å². The molecule has 0 atom stereocenters. The molecule has 0 saturated heterocycles. The van der Waals surface area contributed by atoms with E-state index in [-0.39, 0.29) is 12.1 Å². The van der Waals surface area contributed by atoms with Crippen LogP contribution in [-0.2, 0) is 12.3 Å². The summed E-state index contributed by atoms with van der Waals surface area (Å²) in [5.41, 5.74) is 1.47. The van der Waals surface area contributed by atoms with Crippen LogP contribution in [0.1, 0.15) is 11.5 Å². The number of aryl methyl sites for hydroxylation is 1. The van der Waals surface area contributed by atoms with Gasteiger partial charge in [-0.25, -0.2) is 9.97 Å². The minimum atomic E-state index is -0.168. The number of hydrogen-bond donors (Lipinski definition) is 0. The minimum absolute atomic E-state index is 0.00343. The molecular formula is C15H12N4OS2. The van der Waals surface area contributed by atoms with Crippen LogP contribution < -0.4 is 5.56 Å². The Morgan fingerprint density at radius 2 is 2.18 bits per heavy atom. The standard InChI is InChI=1S/C15H12N4OS2/c1-10-8-21-15(17-10)22-9-13-18-12-5-3-2-4-11(12)14(20)19(13)7-6-16/h2-5,8H,7,9H2,1H3. The van der Waals surface area contributed by atoms with Crippen molar-refractivity contribution in [3.63, 3.8) is 0 Å². The third kappa shape index (κ3) is 2.89. The lowest BCUT2D eigenvalue weighted by atomic mass is 10.2. The molecular weight excluding hydrogens is 316 g/mol. The molecule has 0 aliphatic heterocycles. The number of fused-ring (bicyclic) bond motifs is 1. The van der Waals surface area contributed by atoms with E-state index in [4.69, 9.17) is 5.26 Å². The molecule has 22 heavy (non-hydrogen) atoms. The molecule has 0 aliphatic carbocycles. The van der Waals surface area contributed by atoms with Crippen molar-refractivity contribution in [2.24, 2.45) is 0 Å². The second-order valence-corrected chi connectivity index (χ2v) is 6.72. The molecule has 0 saturated carbocycles. The second-order valence-electron chi connectivity index (χ2n) is 4.64. The monoisotopic (exact) mass is 328 g/mol. The van der Waals surface area contributed by atoms with E-state index in [1.54, 1.807) is 23.5 Å². The molecule has 0 fully saturated rings. The lowest BCUT2D eigenvalue weighted by Crippen LogP contribution is -2.24. The third-order valence-corrected chi connectivity index (χ3v) is 5.23. The normalized spacial score (nSPS) is 10.7. The number of thiazole rings is 1. The predicted molar refractivity (Wildman–Crippen MR) is 88.0 cm³/mol. The maximum atomic E-state index is 12.5. The number of hydrogen-bond acceptors (Lipinski definition) is 6. The number of nitrogens with zero attached hydrogens (tertiary/aromatic N) is 4. The highest BCUT2D eigenvalue weighted by Crippen LogP contribution is 2.25. The van der Waals surface area contributed by atoms with Crippen molar-refractivity contribution in [1.29, 1.82) is 5.26 Å². The Bertz CT molecular complexity index is 923. The second kappa shape index (κ2) is 6.30. The molecule has 0 N–H and O–H groups in total. The highest BCUT2D eigenvalue weighted by Gasteiger charge is 2.11. The van der Waals surface area contributed by atoms with Crippen LogP contribution in [-0.4, -0.2) is 14.5 Å². The molecule has 3 aromatic rings. The number of aromatic nitrogens is 3.